The van der Waals surface area contributed by atoms with E-state index < -0.39 is 17.5 Å². The lowest BCUT2D eigenvalue weighted by Gasteiger charge is -2.09. The summed E-state index contributed by atoms with van der Waals surface area (Å²) >= 11 is 0. The van der Waals surface area contributed by atoms with E-state index in [9.17, 15) is 13.2 Å². The van der Waals surface area contributed by atoms with Gasteiger partial charge in [-0.25, -0.2) is 22.8 Å². The molecule has 7 heteroatoms. The van der Waals surface area contributed by atoms with Crippen LogP contribution in [0.1, 0.15) is 19.2 Å². The van der Waals surface area contributed by atoms with Crippen molar-refractivity contribution in [1.82, 2.24) is 14.8 Å². The zero-order valence-corrected chi connectivity index (χ0v) is 10.3. The standard InChI is InChI=1S/C12H13F3N4/c1-2-5-19-10(17-7-18-19)6-16-9-4-3-8(13)11(14)12(9)15/h3-4,7,16H,2,5-6H2,1H3. The van der Waals surface area contributed by atoms with Crippen LogP contribution in [0.25, 0.3) is 0 Å². The predicted octanol–water partition coefficient (Wildman–Crippen LogP) is 2.72. The van der Waals surface area contributed by atoms with Crippen LogP contribution in [-0.4, -0.2) is 14.8 Å². The third-order valence-electron chi connectivity index (χ3n) is 2.60. The Morgan fingerprint density at radius 3 is 2.74 bits per heavy atom. The molecule has 19 heavy (non-hydrogen) atoms. The Hall–Kier alpha value is -2.05. The van der Waals surface area contributed by atoms with E-state index in [1.54, 1.807) is 4.68 Å². The van der Waals surface area contributed by atoms with Crippen molar-refractivity contribution in [2.24, 2.45) is 0 Å². The van der Waals surface area contributed by atoms with E-state index in [0.717, 1.165) is 18.6 Å². The number of rotatable bonds is 5. The van der Waals surface area contributed by atoms with Gasteiger partial charge in [0.2, 0.25) is 0 Å². The summed E-state index contributed by atoms with van der Waals surface area (Å²) < 4.78 is 40.9. The highest BCUT2D eigenvalue weighted by Gasteiger charge is 2.13. The van der Waals surface area contributed by atoms with Crippen molar-refractivity contribution in [2.45, 2.75) is 26.4 Å². The van der Waals surface area contributed by atoms with Gasteiger partial charge in [-0.05, 0) is 18.6 Å². The molecule has 1 aromatic carbocycles. The third-order valence-corrected chi connectivity index (χ3v) is 2.60. The molecule has 102 valence electrons. The zero-order valence-electron chi connectivity index (χ0n) is 10.3. The van der Waals surface area contributed by atoms with Gasteiger partial charge in [-0.2, -0.15) is 5.10 Å². The molecule has 0 fully saturated rings. The number of nitrogens with one attached hydrogen (secondary N) is 1. The van der Waals surface area contributed by atoms with Crippen molar-refractivity contribution in [1.29, 1.82) is 0 Å². The van der Waals surface area contributed by atoms with Crippen LogP contribution in [0.4, 0.5) is 18.9 Å². The van der Waals surface area contributed by atoms with Crippen LogP contribution in [0.2, 0.25) is 0 Å². The number of nitrogens with zero attached hydrogens (tertiary/aromatic N) is 3. The molecule has 2 rings (SSSR count). The summed E-state index contributed by atoms with van der Waals surface area (Å²) in [5.74, 6) is -3.33. The Labute approximate surface area is 108 Å². The van der Waals surface area contributed by atoms with Gasteiger partial charge in [0.15, 0.2) is 17.5 Å². The number of anilines is 1. The normalized spacial score (nSPS) is 10.7. The molecule has 0 aliphatic heterocycles. The minimum Gasteiger partial charge on any atom is -0.375 e. The molecule has 0 aliphatic rings. The van der Waals surface area contributed by atoms with E-state index >= 15 is 0 Å². The van der Waals surface area contributed by atoms with Crippen LogP contribution in [-0.2, 0) is 13.1 Å². The highest BCUT2D eigenvalue weighted by atomic mass is 19.2. The molecule has 0 unspecified atom stereocenters. The van der Waals surface area contributed by atoms with Crippen molar-refractivity contribution in [3.63, 3.8) is 0 Å². The number of halogens is 3. The molecule has 0 saturated heterocycles. The van der Waals surface area contributed by atoms with Crippen molar-refractivity contribution in [3.8, 4) is 0 Å². The van der Waals surface area contributed by atoms with Crippen LogP contribution in [0, 0.1) is 17.5 Å². The van der Waals surface area contributed by atoms with E-state index in [1.807, 2.05) is 6.92 Å². The van der Waals surface area contributed by atoms with E-state index in [-0.39, 0.29) is 12.2 Å². The first-order valence-electron chi connectivity index (χ1n) is 5.87. The predicted molar refractivity (Wildman–Crippen MR) is 64.0 cm³/mol. The summed E-state index contributed by atoms with van der Waals surface area (Å²) in [7, 11) is 0. The summed E-state index contributed by atoms with van der Waals surface area (Å²) in [5, 5.41) is 6.69. The van der Waals surface area contributed by atoms with E-state index in [0.29, 0.717) is 12.4 Å². The Morgan fingerprint density at radius 2 is 2.00 bits per heavy atom. The summed E-state index contributed by atoms with van der Waals surface area (Å²) in [6.07, 6.45) is 2.28. The Bertz CT molecular complexity index is 568. The molecule has 1 aromatic heterocycles. The average molecular weight is 270 g/mol. The van der Waals surface area contributed by atoms with Gasteiger partial charge >= 0.3 is 0 Å². The van der Waals surface area contributed by atoms with Gasteiger partial charge in [0.1, 0.15) is 12.2 Å². The molecule has 2 aromatic rings. The van der Waals surface area contributed by atoms with Crippen LogP contribution < -0.4 is 5.32 Å². The Balaban J connectivity index is 2.10. The summed E-state index contributed by atoms with van der Waals surface area (Å²) in [5.41, 5.74) is -0.107. The van der Waals surface area contributed by atoms with Crippen molar-refractivity contribution < 1.29 is 13.2 Å². The largest absolute Gasteiger partial charge is 0.375 e. The SMILES string of the molecule is CCCn1ncnc1CNc1ccc(F)c(F)c1F. The molecular formula is C12H13F3N4. The second-order valence-corrected chi connectivity index (χ2v) is 3.98. The molecule has 0 radical (unpaired) electrons. The topological polar surface area (TPSA) is 42.7 Å². The first-order chi connectivity index (χ1) is 9.13. The summed E-state index contributed by atoms with van der Waals surface area (Å²) in [6.45, 7) is 2.87. The van der Waals surface area contributed by atoms with Crippen LogP contribution in [0.5, 0.6) is 0 Å². The van der Waals surface area contributed by atoms with Crippen molar-refractivity contribution in [3.05, 3.63) is 41.7 Å². The fourth-order valence-corrected chi connectivity index (χ4v) is 1.66. The van der Waals surface area contributed by atoms with Gasteiger partial charge < -0.3 is 5.32 Å². The Kier molecular flexibility index (Phi) is 4.03. The van der Waals surface area contributed by atoms with Crippen molar-refractivity contribution in [2.75, 3.05) is 5.32 Å². The second-order valence-electron chi connectivity index (χ2n) is 3.98. The molecule has 0 bridgehead atoms. The molecule has 4 nitrogen and oxygen atoms in total. The molecule has 0 amide bonds. The highest BCUT2D eigenvalue weighted by molar-refractivity contribution is 5.45. The third kappa shape index (κ3) is 2.86. The quantitative estimate of drug-likeness (QED) is 0.849. The van der Waals surface area contributed by atoms with E-state index in [4.69, 9.17) is 0 Å². The summed E-state index contributed by atoms with van der Waals surface area (Å²) in [6, 6.07) is 2.02. The maximum Gasteiger partial charge on any atom is 0.196 e. The van der Waals surface area contributed by atoms with Crippen LogP contribution in [0.3, 0.4) is 0 Å². The van der Waals surface area contributed by atoms with Gasteiger partial charge in [0, 0.05) is 6.54 Å². The van der Waals surface area contributed by atoms with Gasteiger partial charge in [-0.15, -0.1) is 0 Å². The fraction of sp³-hybridized carbons (Fsp3) is 0.333. The second kappa shape index (κ2) is 5.73. The number of benzene rings is 1. The number of aromatic nitrogens is 3. The fourth-order valence-electron chi connectivity index (χ4n) is 1.66. The van der Waals surface area contributed by atoms with Gasteiger partial charge in [-0.1, -0.05) is 6.92 Å². The lowest BCUT2D eigenvalue weighted by Crippen LogP contribution is -2.11. The maximum atomic E-state index is 13.4. The first kappa shape index (κ1) is 13.4. The average Bonchev–Trinajstić information content (AvgIpc) is 2.83. The van der Waals surface area contributed by atoms with Gasteiger partial charge in [0.25, 0.3) is 0 Å². The molecule has 0 aliphatic carbocycles. The molecule has 0 spiro atoms. The zero-order chi connectivity index (χ0) is 13.8. The number of hydrogen-bond acceptors (Lipinski definition) is 3. The first-order valence-corrected chi connectivity index (χ1v) is 5.87. The Morgan fingerprint density at radius 1 is 1.21 bits per heavy atom. The van der Waals surface area contributed by atoms with Gasteiger partial charge in [0.05, 0.1) is 12.2 Å². The molecule has 0 saturated carbocycles. The molecular weight excluding hydrogens is 257 g/mol. The molecule has 1 heterocycles. The van der Waals surface area contributed by atoms with E-state index in [1.165, 1.54) is 6.33 Å². The maximum absolute atomic E-state index is 13.4. The van der Waals surface area contributed by atoms with Gasteiger partial charge in [-0.3, -0.25) is 0 Å². The van der Waals surface area contributed by atoms with Crippen LogP contribution in [0.15, 0.2) is 18.5 Å². The van der Waals surface area contributed by atoms with E-state index in [2.05, 4.69) is 15.4 Å². The molecule has 1 N–H and O–H groups in total. The minimum atomic E-state index is -1.49. The lowest BCUT2D eigenvalue weighted by molar-refractivity contribution is 0.448. The number of aryl methyl sites for hydroxylation is 1. The number of hydrogen-bond donors (Lipinski definition) is 1. The highest BCUT2D eigenvalue weighted by Crippen LogP contribution is 2.19. The summed E-state index contributed by atoms with van der Waals surface area (Å²) in [4.78, 5) is 4.02. The van der Waals surface area contributed by atoms with Crippen LogP contribution >= 0.6 is 0 Å². The van der Waals surface area contributed by atoms with Crippen molar-refractivity contribution >= 4 is 5.69 Å². The smallest absolute Gasteiger partial charge is 0.196 e. The lowest BCUT2D eigenvalue weighted by atomic mass is 10.3. The molecule has 0 atom stereocenters. The monoisotopic (exact) mass is 270 g/mol. The minimum absolute atomic E-state index is 0.107.